The number of ether oxygens (including phenoxy) is 1. The van der Waals surface area contributed by atoms with E-state index in [0.717, 1.165) is 31.6 Å². The van der Waals surface area contributed by atoms with E-state index in [1.54, 1.807) is 6.07 Å². The maximum Gasteiger partial charge on any atom is 0.224 e. The summed E-state index contributed by atoms with van der Waals surface area (Å²) in [7, 11) is 0. The molecule has 0 amide bonds. The molecule has 0 spiro atoms. The summed E-state index contributed by atoms with van der Waals surface area (Å²) in [5, 5.41) is 9.20. The maximum atomic E-state index is 9.20. The van der Waals surface area contributed by atoms with E-state index in [0.29, 0.717) is 17.3 Å². The summed E-state index contributed by atoms with van der Waals surface area (Å²) in [5.41, 5.74) is 7.02. The first-order chi connectivity index (χ1) is 9.76. The van der Waals surface area contributed by atoms with E-state index >= 15 is 0 Å². The van der Waals surface area contributed by atoms with Gasteiger partial charge in [-0.25, -0.2) is 0 Å². The summed E-state index contributed by atoms with van der Waals surface area (Å²) in [6.07, 6.45) is 3.26. The molecular weight excluding hydrogens is 250 g/mol. The van der Waals surface area contributed by atoms with Crippen LogP contribution in [0.1, 0.15) is 31.9 Å². The van der Waals surface area contributed by atoms with E-state index < -0.39 is 0 Å². The van der Waals surface area contributed by atoms with E-state index in [9.17, 15) is 5.26 Å². The molecule has 4 heteroatoms. The zero-order valence-electron chi connectivity index (χ0n) is 11.7. The number of nitrogen functional groups attached to an aromatic ring is 1. The van der Waals surface area contributed by atoms with Gasteiger partial charge in [0.25, 0.3) is 0 Å². The predicted molar refractivity (Wildman–Crippen MR) is 79.6 cm³/mol. The highest BCUT2D eigenvalue weighted by atomic mass is 16.5. The molecule has 1 aromatic carbocycles. The van der Waals surface area contributed by atoms with Gasteiger partial charge in [0.1, 0.15) is 17.5 Å². The molecule has 4 nitrogen and oxygen atoms in total. The minimum Gasteiger partial charge on any atom is -0.439 e. The van der Waals surface area contributed by atoms with Crippen LogP contribution in [0.3, 0.4) is 0 Å². The Morgan fingerprint density at radius 1 is 1.25 bits per heavy atom. The number of anilines is 1. The van der Waals surface area contributed by atoms with Gasteiger partial charge in [0.2, 0.25) is 5.88 Å². The summed E-state index contributed by atoms with van der Waals surface area (Å²) < 4.78 is 7.70. The third kappa shape index (κ3) is 3.12. The lowest BCUT2D eigenvalue weighted by Crippen LogP contribution is -2.04. The van der Waals surface area contributed by atoms with Crippen LogP contribution in [0.5, 0.6) is 11.6 Å². The number of rotatable bonds is 6. The van der Waals surface area contributed by atoms with E-state index in [4.69, 9.17) is 10.5 Å². The highest BCUT2D eigenvalue weighted by Crippen LogP contribution is 2.31. The molecule has 0 aliphatic rings. The molecule has 2 N–H and O–H groups in total. The highest BCUT2D eigenvalue weighted by Gasteiger charge is 2.14. The van der Waals surface area contributed by atoms with Gasteiger partial charge in [-0.2, -0.15) is 5.26 Å². The van der Waals surface area contributed by atoms with Gasteiger partial charge in [0.15, 0.2) is 0 Å². The van der Waals surface area contributed by atoms with Crippen LogP contribution in [-0.4, -0.2) is 4.57 Å². The zero-order chi connectivity index (χ0) is 14.4. The number of hydrogen-bond acceptors (Lipinski definition) is 3. The summed E-state index contributed by atoms with van der Waals surface area (Å²) in [6.45, 7) is 2.90. The number of benzene rings is 1. The number of nitrogens with two attached hydrogens (primary N) is 1. The first-order valence-electron chi connectivity index (χ1n) is 6.88. The number of aromatic nitrogens is 1. The predicted octanol–water partition coefficient (Wildman–Crippen LogP) is 3.92. The van der Waals surface area contributed by atoms with Gasteiger partial charge in [0, 0.05) is 12.6 Å². The molecule has 2 aromatic rings. The monoisotopic (exact) mass is 269 g/mol. The lowest BCUT2D eigenvalue weighted by atomic mass is 10.2. The van der Waals surface area contributed by atoms with Crippen LogP contribution in [0.2, 0.25) is 0 Å². The van der Waals surface area contributed by atoms with Crippen LogP contribution in [-0.2, 0) is 6.54 Å². The Kier molecular flexibility index (Phi) is 4.67. The van der Waals surface area contributed by atoms with E-state index in [1.807, 2.05) is 34.9 Å². The fourth-order valence-electron chi connectivity index (χ4n) is 2.10. The van der Waals surface area contributed by atoms with Crippen LogP contribution in [0, 0.1) is 11.3 Å². The minimum atomic E-state index is 0.502. The number of nitriles is 1. The summed E-state index contributed by atoms with van der Waals surface area (Å²) in [4.78, 5) is 0. The second kappa shape index (κ2) is 6.67. The van der Waals surface area contributed by atoms with Gasteiger partial charge < -0.3 is 15.0 Å². The van der Waals surface area contributed by atoms with Gasteiger partial charge in [-0.3, -0.25) is 0 Å². The Bertz CT molecular complexity index is 596. The molecular formula is C16H19N3O. The van der Waals surface area contributed by atoms with Crippen LogP contribution < -0.4 is 10.5 Å². The molecule has 0 aliphatic carbocycles. The van der Waals surface area contributed by atoms with Gasteiger partial charge in [0.05, 0.1) is 5.69 Å². The first-order valence-corrected chi connectivity index (χ1v) is 6.88. The molecule has 1 aromatic heterocycles. The van der Waals surface area contributed by atoms with Crippen molar-refractivity contribution in [3.05, 3.63) is 42.1 Å². The van der Waals surface area contributed by atoms with Crippen molar-refractivity contribution < 1.29 is 4.74 Å². The number of nitrogens with zero attached hydrogens (tertiary/aromatic N) is 2. The van der Waals surface area contributed by atoms with Gasteiger partial charge in [-0.15, -0.1) is 0 Å². The summed E-state index contributed by atoms with van der Waals surface area (Å²) in [5.74, 6) is 1.28. The molecule has 2 rings (SSSR count). The average molecular weight is 269 g/mol. The third-order valence-electron chi connectivity index (χ3n) is 3.13. The van der Waals surface area contributed by atoms with E-state index in [1.165, 1.54) is 0 Å². The van der Waals surface area contributed by atoms with Crippen molar-refractivity contribution in [2.75, 3.05) is 5.73 Å². The molecule has 0 saturated heterocycles. The fourth-order valence-corrected chi connectivity index (χ4v) is 2.10. The molecule has 0 unspecified atom stereocenters. The smallest absolute Gasteiger partial charge is 0.224 e. The molecule has 0 radical (unpaired) electrons. The molecule has 104 valence electrons. The maximum absolute atomic E-state index is 9.20. The number of unbranched alkanes of at least 4 members (excludes halogenated alkanes) is 2. The lowest BCUT2D eigenvalue weighted by molar-refractivity contribution is 0.423. The second-order valence-electron chi connectivity index (χ2n) is 4.68. The Balaban J connectivity index is 2.26. The van der Waals surface area contributed by atoms with Crippen LogP contribution in [0.15, 0.2) is 36.4 Å². The van der Waals surface area contributed by atoms with E-state index in [2.05, 4.69) is 13.0 Å². The summed E-state index contributed by atoms with van der Waals surface area (Å²) >= 11 is 0. The Morgan fingerprint density at radius 2 is 2.00 bits per heavy atom. The van der Waals surface area contributed by atoms with Crippen LogP contribution in [0.25, 0.3) is 0 Å². The van der Waals surface area contributed by atoms with Crippen molar-refractivity contribution in [3.8, 4) is 17.7 Å². The molecule has 0 saturated carbocycles. The molecule has 0 aliphatic heterocycles. The van der Waals surface area contributed by atoms with Gasteiger partial charge in [-0.1, -0.05) is 38.0 Å². The topological polar surface area (TPSA) is 64.0 Å². The Morgan fingerprint density at radius 3 is 2.65 bits per heavy atom. The lowest BCUT2D eigenvalue weighted by Gasteiger charge is -2.12. The van der Waals surface area contributed by atoms with Crippen molar-refractivity contribution in [2.45, 2.75) is 32.7 Å². The van der Waals surface area contributed by atoms with Crippen molar-refractivity contribution in [3.63, 3.8) is 0 Å². The SMILES string of the molecule is CCCCCn1c(C#N)cc(N)c1Oc1ccccc1. The molecule has 0 bridgehead atoms. The van der Waals surface area contributed by atoms with E-state index in [-0.39, 0.29) is 0 Å². The molecule has 20 heavy (non-hydrogen) atoms. The van der Waals surface area contributed by atoms with Crippen molar-refractivity contribution in [1.29, 1.82) is 5.26 Å². The highest BCUT2D eigenvalue weighted by molar-refractivity contribution is 5.56. The summed E-state index contributed by atoms with van der Waals surface area (Å²) in [6, 6.07) is 13.3. The first kappa shape index (κ1) is 14.0. The number of hydrogen-bond donors (Lipinski definition) is 1. The minimum absolute atomic E-state index is 0.502. The zero-order valence-corrected chi connectivity index (χ0v) is 11.7. The molecule has 0 atom stereocenters. The molecule has 1 heterocycles. The van der Waals surface area contributed by atoms with Gasteiger partial charge >= 0.3 is 0 Å². The van der Waals surface area contributed by atoms with Crippen molar-refractivity contribution in [2.24, 2.45) is 0 Å². The third-order valence-corrected chi connectivity index (χ3v) is 3.13. The quantitative estimate of drug-likeness (QED) is 0.808. The van der Waals surface area contributed by atoms with Crippen LogP contribution in [0.4, 0.5) is 5.69 Å². The largest absolute Gasteiger partial charge is 0.439 e. The molecule has 0 fully saturated rings. The number of para-hydroxylation sites is 1. The standard InChI is InChI=1S/C16H19N3O/c1-2-3-7-10-19-13(12-17)11-15(18)16(19)20-14-8-5-4-6-9-14/h4-6,8-9,11H,2-3,7,10,18H2,1H3. The van der Waals surface area contributed by atoms with Crippen molar-refractivity contribution in [1.82, 2.24) is 4.57 Å². The Labute approximate surface area is 119 Å². The van der Waals surface area contributed by atoms with Crippen molar-refractivity contribution >= 4 is 5.69 Å². The Hall–Kier alpha value is -2.41. The average Bonchev–Trinajstić information content (AvgIpc) is 2.77. The van der Waals surface area contributed by atoms with Gasteiger partial charge in [-0.05, 0) is 18.6 Å². The van der Waals surface area contributed by atoms with Crippen LogP contribution >= 0.6 is 0 Å². The second-order valence-corrected chi connectivity index (χ2v) is 4.68. The normalized spacial score (nSPS) is 10.2. The fraction of sp³-hybridized carbons (Fsp3) is 0.312.